The van der Waals surface area contributed by atoms with Crippen molar-refractivity contribution in [3.63, 3.8) is 0 Å². The molecule has 1 aliphatic heterocycles. The number of hydrogen-bond acceptors (Lipinski definition) is 4. The van der Waals surface area contributed by atoms with E-state index in [2.05, 4.69) is 6.08 Å². The fourth-order valence-corrected chi connectivity index (χ4v) is 2.66. The fourth-order valence-electron chi connectivity index (χ4n) is 2.66. The van der Waals surface area contributed by atoms with E-state index in [-0.39, 0.29) is 11.9 Å². The van der Waals surface area contributed by atoms with Crippen molar-refractivity contribution in [2.45, 2.75) is 19.8 Å². The van der Waals surface area contributed by atoms with Crippen LogP contribution in [0.5, 0.6) is 5.75 Å². The van der Waals surface area contributed by atoms with Crippen LogP contribution in [0, 0.1) is 0 Å². The number of allylic oxidation sites excluding steroid dienone is 3. The highest BCUT2D eigenvalue weighted by Crippen LogP contribution is 2.39. The molecule has 0 radical (unpaired) electrons. The number of carbonyl (C=O) groups is 1. The molecule has 0 amide bonds. The van der Waals surface area contributed by atoms with Gasteiger partial charge in [0.25, 0.3) is 0 Å². The first-order valence-corrected chi connectivity index (χ1v) is 6.85. The second-order valence-corrected chi connectivity index (χ2v) is 5.08. The molecular weight excluding hydrogens is 266 g/mol. The molecule has 0 saturated heterocycles. The summed E-state index contributed by atoms with van der Waals surface area (Å²) in [6, 6.07) is 7.75. The zero-order valence-electron chi connectivity index (χ0n) is 13.1. The van der Waals surface area contributed by atoms with E-state index < -0.39 is 0 Å². The highest BCUT2D eigenvalue weighted by Gasteiger charge is 2.31. The number of methoxy groups -OCH3 is 2. The normalized spacial score (nSPS) is 18.4. The van der Waals surface area contributed by atoms with Crippen LogP contribution in [0.2, 0.25) is 0 Å². The van der Waals surface area contributed by atoms with Gasteiger partial charge in [-0.25, -0.2) is 4.79 Å². The Balaban J connectivity index is 2.61. The van der Waals surface area contributed by atoms with Crippen LogP contribution in [0.4, 0.5) is 0 Å². The Kier molecular flexibility index (Phi) is 4.36. The predicted molar refractivity (Wildman–Crippen MR) is 82.0 cm³/mol. The number of para-hydroxylation sites is 1. The van der Waals surface area contributed by atoms with Gasteiger partial charge in [0.2, 0.25) is 0 Å². The van der Waals surface area contributed by atoms with Crippen molar-refractivity contribution < 1.29 is 14.3 Å². The van der Waals surface area contributed by atoms with Gasteiger partial charge in [-0.2, -0.15) is 0 Å². The fraction of sp³-hybridized carbons (Fsp3) is 0.353. The summed E-state index contributed by atoms with van der Waals surface area (Å²) in [5.41, 5.74) is 3.61. The Morgan fingerprint density at radius 1 is 1.19 bits per heavy atom. The summed E-state index contributed by atoms with van der Waals surface area (Å²) in [4.78, 5) is 14.2. The summed E-state index contributed by atoms with van der Waals surface area (Å²) < 4.78 is 10.4. The van der Waals surface area contributed by atoms with Crippen LogP contribution < -0.4 is 4.74 Å². The van der Waals surface area contributed by atoms with E-state index >= 15 is 0 Å². The Bertz CT molecular complexity index is 616. The van der Waals surface area contributed by atoms with Gasteiger partial charge in [-0.1, -0.05) is 24.3 Å². The molecule has 4 nitrogen and oxygen atoms in total. The van der Waals surface area contributed by atoms with Gasteiger partial charge in [0, 0.05) is 29.9 Å². The number of esters is 1. The molecule has 0 N–H and O–H groups in total. The molecule has 0 aromatic heterocycles. The van der Waals surface area contributed by atoms with Gasteiger partial charge in [0.15, 0.2) is 0 Å². The predicted octanol–water partition coefficient (Wildman–Crippen LogP) is 3.08. The highest BCUT2D eigenvalue weighted by atomic mass is 16.5. The molecule has 21 heavy (non-hydrogen) atoms. The van der Waals surface area contributed by atoms with Crippen molar-refractivity contribution in [2.24, 2.45) is 0 Å². The summed E-state index contributed by atoms with van der Waals surface area (Å²) in [7, 11) is 4.99. The van der Waals surface area contributed by atoms with E-state index in [1.54, 1.807) is 7.11 Å². The van der Waals surface area contributed by atoms with Crippen molar-refractivity contribution in [1.82, 2.24) is 4.90 Å². The summed E-state index contributed by atoms with van der Waals surface area (Å²) in [5.74, 6) is 0.300. The SMILES string of the molecule is COC(=O)C1=C(C)N(C)C(C)=CC1c1ccccc1OC. The first kappa shape index (κ1) is 15.2. The Labute approximate surface area is 125 Å². The highest BCUT2D eigenvalue weighted by molar-refractivity contribution is 5.92. The second kappa shape index (κ2) is 6.04. The molecule has 1 heterocycles. The molecule has 0 bridgehead atoms. The van der Waals surface area contributed by atoms with Crippen LogP contribution >= 0.6 is 0 Å². The Morgan fingerprint density at radius 2 is 1.86 bits per heavy atom. The Hall–Kier alpha value is -2.23. The van der Waals surface area contributed by atoms with Crippen LogP contribution in [-0.4, -0.2) is 32.1 Å². The summed E-state index contributed by atoms with van der Waals surface area (Å²) in [6.07, 6.45) is 2.07. The zero-order valence-corrected chi connectivity index (χ0v) is 13.1. The van der Waals surface area contributed by atoms with Crippen molar-refractivity contribution in [3.8, 4) is 5.75 Å². The molecular formula is C17H21NO3. The van der Waals surface area contributed by atoms with E-state index in [9.17, 15) is 4.79 Å². The molecule has 1 unspecified atom stereocenters. The standard InChI is InChI=1S/C17H21NO3/c1-11-10-14(13-8-6-7-9-15(13)20-4)16(17(19)21-5)12(2)18(11)3/h6-10,14H,1-5H3. The van der Waals surface area contributed by atoms with Gasteiger partial charge in [0.1, 0.15) is 5.75 Å². The molecule has 2 rings (SSSR count). The van der Waals surface area contributed by atoms with Crippen molar-refractivity contribution in [3.05, 3.63) is 52.9 Å². The smallest absolute Gasteiger partial charge is 0.336 e. The average Bonchev–Trinajstić information content (AvgIpc) is 2.51. The van der Waals surface area contributed by atoms with Crippen molar-refractivity contribution >= 4 is 5.97 Å². The quantitative estimate of drug-likeness (QED) is 0.801. The molecule has 112 valence electrons. The minimum absolute atomic E-state index is 0.162. The molecule has 0 fully saturated rings. The number of nitrogens with zero attached hydrogens (tertiary/aromatic N) is 1. The molecule has 1 aromatic carbocycles. The van der Waals surface area contributed by atoms with Crippen molar-refractivity contribution in [2.75, 3.05) is 21.3 Å². The topological polar surface area (TPSA) is 38.8 Å². The summed E-state index contributed by atoms with van der Waals surface area (Å²) >= 11 is 0. The van der Waals surface area contributed by atoms with Gasteiger partial charge < -0.3 is 14.4 Å². The van der Waals surface area contributed by atoms with E-state index in [0.717, 1.165) is 22.7 Å². The molecule has 1 aliphatic rings. The van der Waals surface area contributed by atoms with Crippen LogP contribution in [0.15, 0.2) is 47.3 Å². The second-order valence-electron chi connectivity index (χ2n) is 5.08. The van der Waals surface area contributed by atoms with Crippen molar-refractivity contribution in [1.29, 1.82) is 0 Å². The number of benzene rings is 1. The lowest BCUT2D eigenvalue weighted by Gasteiger charge is -2.32. The lowest BCUT2D eigenvalue weighted by atomic mass is 9.85. The van der Waals surface area contributed by atoms with E-state index in [4.69, 9.17) is 9.47 Å². The third-order valence-electron chi connectivity index (χ3n) is 4.02. The van der Waals surface area contributed by atoms with Gasteiger partial charge in [0.05, 0.1) is 19.8 Å². The first-order valence-electron chi connectivity index (χ1n) is 6.85. The third-order valence-corrected chi connectivity index (χ3v) is 4.02. The minimum Gasteiger partial charge on any atom is -0.496 e. The van der Waals surface area contributed by atoms with E-state index in [1.807, 2.05) is 50.1 Å². The van der Waals surface area contributed by atoms with Crippen LogP contribution in [0.25, 0.3) is 0 Å². The number of ether oxygens (including phenoxy) is 2. The van der Waals surface area contributed by atoms with Gasteiger partial charge in [-0.3, -0.25) is 0 Å². The Morgan fingerprint density at radius 3 is 2.48 bits per heavy atom. The van der Waals surface area contributed by atoms with E-state index in [1.165, 1.54) is 7.11 Å². The molecule has 1 aromatic rings. The number of hydrogen-bond donors (Lipinski definition) is 0. The van der Waals surface area contributed by atoms with Crippen LogP contribution in [0.3, 0.4) is 0 Å². The molecule has 1 atom stereocenters. The summed E-state index contributed by atoms with van der Waals surface area (Å²) in [6.45, 7) is 3.96. The maximum atomic E-state index is 12.2. The minimum atomic E-state index is -0.306. The van der Waals surface area contributed by atoms with Crippen LogP contribution in [-0.2, 0) is 9.53 Å². The number of carbonyl (C=O) groups excluding carboxylic acids is 1. The van der Waals surface area contributed by atoms with Gasteiger partial charge >= 0.3 is 5.97 Å². The largest absolute Gasteiger partial charge is 0.496 e. The molecule has 4 heteroatoms. The molecule has 0 aliphatic carbocycles. The van der Waals surface area contributed by atoms with E-state index in [0.29, 0.717) is 5.57 Å². The maximum absolute atomic E-state index is 12.2. The lowest BCUT2D eigenvalue weighted by Crippen LogP contribution is -2.27. The van der Waals surface area contributed by atoms with Gasteiger partial charge in [-0.05, 0) is 19.9 Å². The molecule has 0 spiro atoms. The zero-order chi connectivity index (χ0) is 15.6. The van der Waals surface area contributed by atoms with Gasteiger partial charge in [-0.15, -0.1) is 0 Å². The average molecular weight is 287 g/mol. The molecule has 0 saturated carbocycles. The number of rotatable bonds is 3. The lowest BCUT2D eigenvalue weighted by molar-refractivity contribution is -0.136. The monoisotopic (exact) mass is 287 g/mol. The summed E-state index contributed by atoms with van der Waals surface area (Å²) in [5, 5.41) is 0. The first-order chi connectivity index (χ1) is 10.0. The third kappa shape index (κ3) is 2.66. The maximum Gasteiger partial charge on any atom is 0.336 e. The van der Waals surface area contributed by atoms with Crippen LogP contribution in [0.1, 0.15) is 25.3 Å².